The maximum atomic E-state index is 13.0. The van der Waals surface area contributed by atoms with Crippen LogP contribution in [0.15, 0.2) is 24.3 Å². The van der Waals surface area contributed by atoms with Gasteiger partial charge in [-0.05, 0) is 24.3 Å². The minimum atomic E-state index is -0.969. The summed E-state index contributed by atoms with van der Waals surface area (Å²) in [7, 11) is -0.969. The van der Waals surface area contributed by atoms with Gasteiger partial charge in [-0.15, -0.1) is 0 Å². The average molecular weight is 293 g/mol. The number of hydrogen-bond acceptors (Lipinski definition) is 3. The van der Waals surface area contributed by atoms with Crippen molar-refractivity contribution < 1.29 is 13.4 Å². The maximum absolute atomic E-state index is 13.0. The Kier molecular flexibility index (Phi) is 3.13. The smallest absolute Gasteiger partial charge is 0.222 e. The third-order valence-corrected chi connectivity index (χ3v) is 4.24. The van der Waals surface area contributed by atoms with Crippen LogP contribution in [0.3, 0.4) is 0 Å². The van der Waals surface area contributed by atoms with E-state index in [4.69, 9.17) is 0 Å². The fourth-order valence-electron chi connectivity index (χ4n) is 2.19. The van der Waals surface area contributed by atoms with E-state index in [1.807, 2.05) is 0 Å². The molecule has 0 unspecified atom stereocenters. The van der Waals surface area contributed by atoms with Crippen LogP contribution in [0.2, 0.25) is 0 Å². The molecular formula is C13H12FN3O2S. The number of benzene rings is 1. The standard InChI is InChI=1S/C13H12FN3O2S/c1-8(18)15-13-11-6-20(19)7-12(11)16-17(13)10-4-2-9(14)3-5-10/h2-5H,6-7H2,1H3,(H,15,18)/t20-/m0/s1. The first-order valence-corrected chi connectivity index (χ1v) is 7.52. The Bertz CT molecular complexity index is 709. The second kappa shape index (κ2) is 4.82. The van der Waals surface area contributed by atoms with Crippen LogP contribution >= 0.6 is 0 Å². The van der Waals surface area contributed by atoms with Gasteiger partial charge in [0.1, 0.15) is 11.6 Å². The molecular weight excluding hydrogens is 281 g/mol. The summed E-state index contributed by atoms with van der Waals surface area (Å²) in [6.45, 7) is 1.40. The number of carbonyl (C=O) groups excluding carboxylic acids is 1. The van der Waals surface area contributed by atoms with Gasteiger partial charge in [0.25, 0.3) is 0 Å². The summed E-state index contributed by atoms with van der Waals surface area (Å²) in [5.41, 5.74) is 2.16. The van der Waals surface area contributed by atoms with E-state index in [-0.39, 0.29) is 11.7 Å². The van der Waals surface area contributed by atoms with Gasteiger partial charge < -0.3 is 5.32 Å². The van der Waals surface area contributed by atoms with Gasteiger partial charge in [-0.25, -0.2) is 9.07 Å². The summed E-state index contributed by atoms with van der Waals surface area (Å²) in [6.07, 6.45) is 0. The number of aromatic nitrogens is 2. The van der Waals surface area contributed by atoms with Crippen LogP contribution in [0, 0.1) is 5.82 Å². The molecule has 20 heavy (non-hydrogen) atoms. The number of amides is 1. The number of carbonyl (C=O) groups is 1. The monoisotopic (exact) mass is 293 g/mol. The summed E-state index contributed by atoms with van der Waals surface area (Å²) < 4.78 is 26.1. The molecule has 1 aromatic heterocycles. The number of nitrogens with zero attached hydrogens (tertiary/aromatic N) is 2. The minimum absolute atomic E-state index is 0.228. The van der Waals surface area contributed by atoms with E-state index in [1.54, 1.807) is 16.8 Å². The molecule has 1 aromatic carbocycles. The van der Waals surface area contributed by atoms with Gasteiger partial charge in [-0.2, -0.15) is 5.10 Å². The van der Waals surface area contributed by atoms with Gasteiger partial charge in [0, 0.05) is 23.3 Å². The Hall–Kier alpha value is -2.02. The topological polar surface area (TPSA) is 64.0 Å². The zero-order valence-electron chi connectivity index (χ0n) is 10.7. The highest BCUT2D eigenvalue weighted by atomic mass is 32.2. The molecule has 0 saturated carbocycles. The lowest BCUT2D eigenvalue weighted by molar-refractivity contribution is -0.114. The fourth-order valence-corrected chi connectivity index (χ4v) is 3.46. The second-order valence-electron chi connectivity index (χ2n) is 4.57. The molecule has 0 aliphatic carbocycles. The Labute approximate surface area is 117 Å². The third-order valence-electron chi connectivity index (χ3n) is 3.04. The van der Waals surface area contributed by atoms with Crippen LogP contribution in [0.25, 0.3) is 5.69 Å². The van der Waals surface area contributed by atoms with Crippen LogP contribution in [-0.4, -0.2) is 19.9 Å². The van der Waals surface area contributed by atoms with Crippen molar-refractivity contribution in [2.75, 3.05) is 5.32 Å². The van der Waals surface area contributed by atoms with Crippen molar-refractivity contribution in [2.24, 2.45) is 0 Å². The first-order valence-electron chi connectivity index (χ1n) is 6.04. The molecule has 2 heterocycles. The molecule has 0 radical (unpaired) electrons. The number of rotatable bonds is 2. The predicted octanol–water partition coefficient (Wildman–Crippen LogP) is 1.73. The van der Waals surface area contributed by atoms with Gasteiger partial charge in [0.2, 0.25) is 5.91 Å². The number of anilines is 1. The van der Waals surface area contributed by atoms with Crippen LogP contribution < -0.4 is 5.32 Å². The van der Waals surface area contributed by atoms with Crippen molar-refractivity contribution >= 4 is 22.5 Å². The van der Waals surface area contributed by atoms with Crippen molar-refractivity contribution in [1.29, 1.82) is 0 Å². The van der Waals surface area contributed by atoms with E-state index in [0.717, 1.165) is 11.3 Å². The molecule has 7 heteroatoms. The Balaban J connectivity index is 2.11. The van der Waals surface area contributed by atoms with Gasteiger partial charge in [0.05, 0.1) is 22.9 Å². The molecule has 0 spiro atoms. The van der Waals surface area contributed by atoms with E-state index >= 15 is 0 Å². The number of hydrogen-bond donors (Lipinski definition) is 1. The molecule has 1 amide bonds. The number of halogens is 1. The normalized spacial score (nSPS) is 17.0. The summed E-state index contributed by atoms with van der Waals surface area (Å²) in [6, 6.07) is 5.83. The van der Waals surface area contributed by atoms with E-state index in [9.17, 15) is 13.4 Å². The molecule has 0 saturated heterocycles. The third kappa shape index (κ3) is 2.24. The Morgan fingerprint density at radius 2 is 2.05 bits per heavy atom. The summed E-state index contributed by atoms with van der Waals surface area (Å²) >= 11 is 0. The lowest BCUT2D eigenvalue weighted by atomic mass is 10.2. The molecule has 3 rings (SSSR count). The highest BCUT2D eigenvalue weighted by Crippen LogP contribution is 2.31. The second-order valence-corrected chi connectivity index (χ2v) is 6.03. The molecule has 104 valence electrons. The molecule has 1 atom stereocenters. The van der Waals surface area contributed by atoms with E-state index in [2.05, 4.69) is 10.4 Å². The Morgan fingerprint density at radius 3 is 2.70 bits per heavy atom. The van der Waals surface area contributed by atoms with E-state index in [1.165, 1.54) is 19.1 Å². The van der Waals surface area contributed by atoms with Crippen molar-refractivity contribution in [2.45, 2.75) is 18.4 Å². The van der Waals surface area contributed by atoms with Gasteiger partial charge in [-0.1, -0.05) is 0 Å². The highest BCUT2D eigenvalue weighted by Gasteiger charge is 2.27. The SMILES string of the molecule is CC(=O)Nc1c2c(nn1-c1ccc(F)cc1)C[S@@](=O)C2. The summed E-state index contributed by atoms with van der Waals surface area (Å²) in [5.74, 6) is 0.719. The van der Waals surface area contributed by atoms with Gasteiger partial charge in [0.15, 0.2) is 0 Å². The largest absolute Gasteiger partial charge is 0.311 e. The molecule has 1 aliphatic rings. The zero-order chi connectivity index (χ0) is 14.3. The van der Waals surface area contributed by atoms with Crippen LogP contribution in [-0.2, 0) is 27.1 Å². The van der Waals surface area contributed by atoms with Crippen molar-refractivity contribution in [3.05, 3.63) is 41.3 Å². The number of nitrogens with one attached hydrogen (secondary N) is 1. The van der Waals surface area contributed by atoms with E-state index in [0.29, 0.717) is 23.0 Å². The molecule has 5 nitrogen and oxygen atoms in total. The molecule has 1 N–H and O–H groups in total. The van der Waals surface area contributed by atoms with Crippen LogP contribution in [0.1, 0.15) is 18.2 Å². The van der Waals surface area contributed by atoms with Crippen molar-refractivity contribution in [3.8, 4) is 5.69 Å². The number of fused-ring (bicyclic) bond motifs is 1. The maximum Gasteiger partial charge on any atom is 0.222 e. The summed E-state index contributed by atoms with van der Waals surface area (Å²) in [4.78, 5) is 11.3. The van der Waals surface area contributed by atoms with Crippen LogP contribution in [0.4, 0.5) is 10.2 Å². The summed E-state index contributed by atoms with van der Waals surface area (Å²) in [5, 5.41) is 7.10. The highest BCUT2D eigenvalue weighted by molar-refractivity contribution is 7.83. The van der Waals surface area contributed by atoms with Crippen molar-refractivity contribution in [3.63, 3.8) is 0 Å². The molecule has 0 fully saturated rings. The Morgan fingerprint density at radius 1 is 1.35 bits per heavy atom. The van der Waals surface area contributed by atoms with Gasteiger partial charge >= 0.3 is 0 Å². The van der Waals surface area contributed by atoms with E-state index < -0.39 is 10.8 Å². The predicted molar refractivity (Wildman–Crippen MR) is 73.4 cm³/mol. The molecule has 1 aliphatic heterocycles. The zero-order valence-corrected chi connectivity index (χ0v) is 11.5. The quantitative estimate of drug-likeness (QED) is 0.917. The average Bonchev–Trinajstić information content (AvgIpc) is 2.88. The molecule has 0 bridgehead atoms. The lowest BCUT2D eigenvalue weighted by Crippen LogP contribution is -2.13. The van der Waals surface area contributed by atoms with Gasteiger partial charge in [-0.3, -0.25) is 9.00 Å². The fraction of sp³-hybridized carbons (Fsp3) is 0.231. The first-order chi connectivity index (χ1) is 9.54. The van der Waals surface area contributed by atoms with Crippen molar-refractivity contribution in [1.82, 2.24) is 9.78 Å². The lowest BCUT2D eigenvalue weighted by Gasteiger charge is -2.09. The first kappa shape index (κ1) is 13.0. The van der Waals surface area contributed by atoms with Crippen LogP contribution in [0.5, 0.6) is 0 Å². The molecule has 2 aromatic rings. The minimum Gasteiger partial charge on any atom is -0.311 e.